The van der Waals surface area contributed by atoms with Gasteiger partial charge in [-0.3, -0.25) is 4.79 Å². The molecular weight excluding hydrogens is 244 g/mol. The summed E-state index contributed by atoms with van der Waals surface area (Å²) in [6.45, 7) is 2.89. The highest BCUT2D eigenvalue weighted by Gasteiger charge is 2.27. The smallest absolute Gasteiger partial charge is 0.326 e. The Morgan fingerprint density at radius 2 is 2.11 bits per heavy atom. The van der Waals surface area contributed by atoms with Crippen LogP contribution >= 0.6 is 0 Å². The number of nitrogens with one attached hydrogen (secondary N) is 1. The minimum absolute atomic E-state index is 0.118. The third-order valence-corrected chi connectivity index (χ3v) is 2.50. The highest BCUT2D eigenvalue weighted by molar-refractivity contribution is 5.86. The molecule has 1 unspecified atom stereocenters. The maximum Gasteiger partial charge on any atom is 0.326 e. The Morgan fingerprint density at radius 3 is 2.61 bits per heavy atom. The van der Waals surface area contributed by atoms with E-state index in [9.17, 15) is 14.4 Å². The average Bonchev–Trinajstić information content (AvgIpc) is 2.27. The van der Waals surface area contributed by atoms with Crippen LogP contribution in [-0.2, 0) is 14.3 Å². The molecular formula is C10H16N2O6. The van der Waals surface area contributed by atoms with Crippen LogP contribution in [0.3, 0.4) is 0 Å². The number of morpholine rings is 1. The van der Waals surface area contributed by atoms with Gasteiger partial charge in [-0.1, -0.05) is 0 Å². The molecule has 0 spiro atoms. The molecule has 8 heteroatoms. The van der Waals surface area contributed by atoms with Crippen molar-refractivity contribution >= 4 is 18.0 Å². The summed E-state index contributed by atoms with van der Waals surface area (Å²) in [4.78, 5) is 34.4. The molecule has 3 N–H and O–H groups in total. The number of nitrogens with zero attached hydrogens (tertiary/aromatic N) is 1. The fraction of sp³-hybridized carbons (Fsp3) is 0.700. The monoisotopic (exact) mass is 260 g/mol. The number of aliphatic carboxylic acids is 2. The number of carboxylic acid groups (broad SMARTS) is 2. The molecule has 18 heavy (non-hydrogen) atoms. The van der Waals surface area contributed by atoms with Gasteiger partial charge in [-0.05, 0) is 6.92 Å². The Hall–Kier alpha value is -1.83. The summed E-state index contributed by atoms with van der Waals surface area (Å²) in [6, 6.07) is -2.01. The van der Waals surface area contributed by atoms with Crippen LogP contribution in [0.25, 0.3) is 0 Å². The molecule has 8 nitrogen and oxygen atoms in total. The van der Waals surface area contributed by atoms with E-state index in [1.165, 1.54) is 4.90 Å². The van der Waals surface area contributed by atoms with Crippen LogP contribution in [0.15, 0.2) is 0 Å². The van der Waals surface area contributed by atoms with Crippen LogP contribution in [0.2, 0.25) is 0 Å². The zero-order valence-electron chi connectivity index (χ0n) is 9.96. The second-order valence-corrected chi connectivity index (χ2v) is 4.07. The number of carbonyl (C=O) groups excluding carboxylic acids is 1. The van der Waals surface area contributed by atoms with Crippen molar-refractivity contribution in [1.29, 1.82) is 0 Å². The summed E-state index contributed by atoms with van der Waals surface area (Å²) in [5.74, 6) is -2.65. The topological polar surface area (TPSA) is 116 Å². The number of urea groups is 1. The molecule has 0 aliphatic carbocycles. The second kappa shape index (κ2) is 6.20. The van der Waals surface area contributed by atoms with E-state index in [0.717, 1.165) is 0 Å². The van der Waals surface area contributed by atoms with Gasteiger partial charge in [0.25, 0.3) is 0 Å². The van der Waals surface area contributed by atoms with Gasteiger partial charge < -0.3 is 25.2 Å². The lowest BCUT2D eigenvalue weighted by Gasteiger charge is -2.31. The highest BCUT2D eigenvalue weighted by Crippen LogP contribution is 2.05. The zero-order chi connectivity index (χ0) is 13.7. The van der Waals surface area contributed by atoms with Crippen LogP contribution in [-0.4, -0.2) is 64.9 Å². The Bertz CT molecular complexity index is 345. The molecule has 0 saturated carbocycles. The Morgan fingerprint density at radius 1 is 1.44 bits per heavy atom. The Kier molecular flexibility index (Phi) is 4.90. The van der Waals surface area contributed by atoms with E-state index >= 15 is 0 Å². The number of amides is 2. The Labute approximate surface area is 104 Å². The number of rotatable bonds is 4. The first-order valence-corrected chi connectivity index (χ1v) is 5.51. The first-order chi connectivity index (χ1) is 8.40. The van der Waals surface area contributed by atoms with Crippen LogP contribution in [0, 0.1) is 0 Å². The largest absolute Gasteiger partial charge is 0.481 e. The molecule has 0 radical (unpaired) electrons. The van der Waals surface area contributed by atoms with Crippen molar-refractivity contribution in [1.82, 2.24) is 10.2 Å². The van der Waals surface area contributed by atoms with E-state index in [1.807, 2.05) is 0 Å². The van der Waals surface area contributed by atoms with Gasteiger partial charge in [0.1, 0.15) is 6.04 Å². The van der Waals surface area contributed by atoms with Gasteiger partial charge in [0, 0.05) is 13.1 Å². The number of carboxylic acids is 2. The standard InChI is InChI=1S/C10H16N2O6/c1-6-5-12(2-3-18-6)10(17)11-7(9(15)16)4-8(13)14/h6-7H,2-5H2,1H3,(H,11,17)(H,13,14)(H,15,16)/t6?,7-/m0/s1. The predicted molar refractivity (Wildman–Crippen MR) is 59.2 cm³/mol. The third kappa shape index (κ3) is 4.21. The average molecular weight is 260 g/mol. The van der Waals surface area contributed by atoms with E-state index in [0.29, 0.717) is 19.7 Å². The lowest BCUT2D eigenvalue weighted by molar-refractivity contribution is -0.145. The summed E-state index contributed by atoms with van der Waals surface area (Å²) in [5.41, 5.74) is 0. The molecule has 0 bridgehead atoms. The lowest BCUT2D eigenvalue weighted by Crippen LogP contribution is -2.53. The van der Waals surface area contributed by atoms with Crippen molar-refractivity contribution in [3.63, 3.8) is 0 Å². The number of hydrogen-bond acceptors (Lipinski definition) is 4. The van der Waals surface area contributed by atoms with Gasteiger partial charge in [0.15, 0.2) is 0 Å². The molecule has 0 aromatic heterocycles. The van der Waals surface area contributed by atoms with Crippen LogP contribution in [0.4, 0.5) is 4.79 Å². The first kappa shape index (κ1) is 14.2. The van der Waals surface area contributed by atoms with E-state index in [-0.39, 0.29) is 6.10 Å². The first-order valence-electron chi connectivity index (χ1n) is 5.51. The van der Waals surface area contributed by atoms with Crippen molar-refractivity contribution in [2.24, 2.45) is 0 Å². The molecule has 1 rings (SSSR count). The van der Waals surface area contributed by atoms with Crippen LogP contribution < -0.4 is 5.32 Å². The lowest BCUT2D eigenvalue weighted by atomic mass is 10.2. The molecule has 0 aromatic rings. The molecule has 102 valence electrons. The molecule has 2 amide bonds. The molecule has 0 aromatic carbocycles. The molecule has 1 saturated heterocycles. The van der Waals surface area contributed by atoms with Gasteiger partial charge in [-0.15, -0.1) is 0 Å². The summed E-state index contributed by atoms with van der Waals surface area (Å²) in [7, 11) is 0. The second-order valence-electron chi connectivity index (χ2n) is 4.07. The molecule has 2 atom stereocenters. The fourth-order valence-corrected chi connectivity index (χ4v) is 1.62. The van der Waals surface area contributed by atoms with E-state index in [1.54, 1.807) is 6.92 Å². The number of ether oxygens (including phenoxy) is 1. The van der Waals surface area contributed by atoms with Gasteiger partial charge in [-0.2, -0.15) is 0 Å². The maximum absolute atomic E-state index is 11.7. The van der Waals surface area contributed by atoms with E-state index in [4.69, 9.17) is 14.9 Å². The Balaban J connectivity index is 2.54. The summed E-state index contributed by atoms with van der Waals surface area (Å²) < 4.78 is 5.24. The molecule has 1 aliphatic rings. The van der Waals surface area contributed by atoms with E-state index in [2.05, 4.69) is 5.32 Å². The van der Waals surface area contributed by atoms with Gasteiger partial charge >= 0.3 is 18.0 Å². The van der Waals surface area contributed by atoms with Crippen molar-refractivity contribution in [3.05, 3.63) is 0 Å². The minimum Gasteiger partial charge on any atom is -0.481 e. The quantitative estimate of drug-likeness (QED) is 0.618. The van der Waals surface area contributed by atoms with Crippen LogP contribution in [0.1, 0.15) is 13.3 Å². The van der Waals surface area contributed by atoms with Crippen molar-refractivity contribution in [2.75, 3.05) is 19.7 Å². The predicted octanol–water partition coefficient (Wildman–Crippen LogP) is -0.655. The van der Waals surface area contributed by atoms with Crippen LogP contribution in [0.5, 0.6) is 0 Å². The van der Waals surface area contributed by atoms with Crippen molar-refractivity contribution in [2.45, 2.75) is 25.5 Å². The maximum atomic E-state index is 11.7. The summed E-state index contributed by atoms with van der Waals surface area (Å²) >= 11 is 0. The van der Waals surface area contributed by atoms with Crippen molar-refractivity contribution < 1.29 is 29.3 Å². The summed E-state index contributed by atoms with van der Waals surface area (Å²) in [6.07, 6.45) is -0.770. The minimum atomic E-state index is -1.42. The van der Waals surface area contributed by atoms with Gasteiger partial charge in [0.05, 0.1) is 19.1 Å². The molecule has 1 fully saturated rings. The normalized spacial score (nSPS) is 21.2. The highest BCUT2D eigenvalue weighted by atomic mass is 16.5. The zero-order valence-corrected chi connectivity index (χ0v) is 9.96. The van der Waals surface area contributed by atoms with Crippen molar-refractivity contribution in [3.8, 4) is 0 Å². The molecule has 1 aliphatic heterocycles. The SMILES string of the molecule is CC1CN(C(=O)N[C@@H](CC(=O)O)C(=O)O)CCO1. The molecule has 1 heterocycles. The number of carbonyl (C=O) groups is 3. The number of hydrogen-bond donors (Lipinski definition) is 3. The summed E-state index contributed by atoms with van der Waals surface area (Å²) in [5, 5.41) is 19.5. The third-order valence-electron chi connectivity index (χ3n) is 2.50. The van der Waals surface area contributed by atoms with Gasteiger partial charge in [-0.25, -0.2) is 9.59 Å². The fourth-order valence-electron chi connectivity index (χ4n) is 1.62. The van der Waals surface area contributed by atoms with E-state index < -0.39 is 30.4 Å². The van der Waals surface area contributed by atoms with Gasteiger partial charge in [0.2, 0.25) is 0 Å².